The van der Waals surface area contributed by atoms with E-state index < -0.39 is 59.4 Å². The summed E-state index contributed by atoms with van der Waals surface area (Å²) in [6, 6.07) is 0. The first-order valence-electron chi connectivity index (χ1n) is 10.2. The number of esters is 3. The summed E-state index contributed by atoms with van der Waals surface area (Å²) in [5, 5.41) is 21.2. The maximum atomic E-state index is 13.0. The first-order chi connectivity index (χ1) is 14.3. The van der Waals surface area contributed by atoms with E-state index in [-0.39, 0.29) is 18.6 Å². The number of hydrogen-bond donors (Lipinski definition) is 2. The third-order valence-corrected chi connectivity index (χ3v) is 6.00. The van der Waals surface area contributed by atoms with Crippen LogP contribution in [0.4, 0.5) is 0 Å². The van der Waals surface area contributed by atoms with Gasteiger partial charge in [0.1, 0.15) is 6.61 Å². The third-order valence-electron chi connectivity index (χ3n) is 6.00. The van der Waals surface area contributed by atoms with Crippen molar-refractivity contribution >= 4 is 23.7 Å². The summed E-state index contributed by atoms with van der Waals surface area (Å²) in [5.41, 5.74) is -4.20. The molecule has 1 fully saturated rings. The zero-order chi connectivity index (χ0) is 23.6. The van der Waals surface area contributed by atoms with Crippen molar-refractivity contribution in [1.82, 2.24) is 4.90 Å². The van der Waals surface area contributed by atoms with Crippen molar-refractivity contribution in [3.63, 3.8) is 0 Å². The molecular weight excluding hydrogens is 410 g/mol. The van der Waals surface area contributed by atoms with Crippen LogP contribution in [0.1, 0.15) is 40.5 Å². The van der Waals surface area contributed by atoms with Crippen LogP contribution in [0.5, 0.6) is 0 Å². The molecule has 0 aliphatic carbocycles. The van der Waals surface area contributed by atoms with Gasteiger partial charge in [-0.15, -0.1) is 0 Å². The van der Waals surface area contributed by atoms with E-state index in [0.717, 1.165) is 6.92 Å². The lowest BCUT2D eigenvalue weighted by molar-refractivity contribution is -0.199. The van der Waals surface area contributed by atoms with Crippen molar-refractivity contribution in [1.29, 1.82) is 0 Å². The minimum absolute atomic E-state index is 0.122. The summed E-state index contributed by atoms with van der Waals surface area (Å²) in [6.07, 6.45) is -1.53. The smallest absolute Gasteiger partial charge is 0.350 e. The van der Waals surface area contributed by atoms with Gasteiger partial charge in [0, 0.05) is 37.9 Å². The predicted octanol–water partition coefficient (Wildman–Crippen LogP) is -0.254. The number of ketones is 1. The van der Waals surface area contributed by atoms with E-state index in [4.69, 9.17) is 14.2 Å². The summed E-state index contributed by atoms with van der Waals surface area (Å²) < 4.78 is 16.0. The van der Waals surface area contributed by atoms with Crippen molar-refractivity contribution < 1.29 is 43.6 Å². The van der Waals surface area contributed by atoms with Crippen LogP contribution < -0.4 is 0 Å². The minimum atomic E-state index is -2.45. The monoisotopic (exact) mass is 441 g/mol. The topological polar surface area (TPSA) is 140 Å². The second-order valence-electron chi connectivity index (χ2n) is 8.52. The molecule has 0 aromatic carbocycles. The highest BCUT2D eigenvalue weighted by Crippen LogP contribution is 2.34. The molecule has 174 valence electrons. The molecule has 31 heavy (non-hydrogen) atoms. The molecule has 0 amide bonds. The molecule has 0 spiro atoms. The Hall–Kier alpha value is -2.30. The molecule has 0 radical (unpaired) electrons. The SMILES string of the molecule is CC(=O)O[C@]1(C)C(=O)OCC2=CCN(C)CCC(OC(=O)[C@@](O)(C(C)O)C[C@H]1C)C2=O. The van der Waals surface area contributed by atoms with Gasteiger partial charge in [0.2, 0.25) is 11.4 Å². The normalized spacial score (nSPS) is 34.7. The third kappa shape index (κ3) is 5.31. The van der Waals surface area contributed by atoms with Gasteiger partial charge in [-0.2, -0.15) is 0 Å². The summed E-state index contributed by atoms with van der Waals surface area (Å²) in [7, 11) is 1.81. The van der Waals surface area contributed by atoms with Gasteiger partial charge in [-0.1, -0.05) is 13.0 Å². The molecule has 0 aromatic rings. The van der Waals surface area contributed by atoms with E-state index in [1.807, 2.05) is 11.9 Å². The number of Topliss-reactive ketones (excluding diaryl/α,β-unsaturated/α-hetero) is 1. The second-order valence-corrected chi connectivity index (χ2v) is 8.52. The molecule has 1 saturated heterocycles. The first kappa shape index (κ1) is 25.0. The Bertz CT molecular complexity index is 777. The Morgan fingerprint density at radius 1 is 1.32 bits per heavy atom. The van der Waals surface area contributed by atoms with Gasteiger partial charge in [-0.05, 0) is 27.3 Å². The van der Waals surface area contributed by atoms with Crippen molar-refractivity contribution in [2.24, 2.45) is 5.92 Å². The molecule has 5 atom stereocenters. The van der Waals surface area contributed by atoms with Crippen LogP contribution in [0.2, 0.25) is 0 Å². The fourth-order valence-electron chi connectivity index (χ4n) is 3.62. The van der Waals surface area contributed by atoms with E-state index in [2.05, 4.69) is 0 Å². The highest BCUT2D eigenvalue weighted by molar-refractivity contribution is 6.01. The molecule has 2 aliphatic rings. The van der Waals surface area contributed by atoms with Crippen LogP contribution in [0, 0.1) is 5.92 Å². The van der Waals surface area contributed by atoms with Crippen LogP contribution in [-0.2, 0) is 33.4 Å². The predicted molar refractivity (Wildman–Crippen MR) is 107 cm³/mol. The van der Waals surface area contributed by atoms with Crippen LogP contribution in [0.15, 0.2) is 11.6 Å². The number of carbonyl (C=O) groups is 4. The highest BCUT2D eigenvalue weighted by Gasteiger charge is 2.53. The summed E-state index contributed by atoms with van der Waals surface area (Å²) in [5.74, 6) is -4.39. The van der Waals surface area contributed by atoms with Crippen LogP contribution in [0.3, 0.4) is 0 Å². The summed E-state index contributed by atoms with van der Waals surface area (Å²) in [4.78, 5) is 52.4. The van der Waals surface area contributed by atoms with Crippen LogP contribution in [0.25, 0.3) is 0 Å². The fourth-order valence-corrected chi connectivity index (χ4v) is 3.62. The van der Waals surface area contributed by atoms with Gasteiger partial charge in [0.15, 0.2) is 11.7 Å². The number of likely N-dealkylation sites (N-methyl/N-ethyl adjacent to an activating group) is 1. The molecule has 2 aliphatic heterocycles. The van der Waals surface area contributed by atoms with Crippen LogP contribution in [-0.4, -0.2) is 89.0 Å². The van der Waals surface area contributed by atoms with Crippen molar-refractivity contribution in [3.05, 3.63) is 11.6 Å². The average molecular weight is 441 g/mol. The van der Waals surface area contributed by atoms with E-state index in [1.165, 1.54) is 20.8 Å². The second kappa shape index (κ2) is 9.46. The molecule has 0 aromatic heterocycles. The molecule has 2 bridgehead atoms. The minimum Gasteiger partial charge on any atom is -0.458 e. The molecule has 10 nitrogen and oxygen atoms in total. The number of nitrogens with zero attached hydrogens (tertiary/aromatic N) is 1. The number of ether oxygens (including phenoxy) is 3. The summed E-state index contributed by atoms with van der Waals surface area (Å²) in [6.45, 7) is 5.55. The lowest BCUT2D eigenvalue weighted by Crippen LogP contribution is -2.57. The number of cyclic esters (lactones) is 1. The number of hydrogen-bond acceptors (Lipinski definition) is 10. The number of fused-ring (bicyclic) bond motifs is 2. The van der Waals surface area contributed by atoms with Gasteiger partial charge >= 0.3 is 17.9 Å². The van der Waals surface area contributed by atoms with Crippen molar-refractivity contribution in [2.75, 3.05) is 26.7 Å². The Morgan fingerprint density at radius 2 is 1.97 bits per heavy atom. The molecule has 0 saturated carbocycles. The first-order valence-corrected chi connectivity index (χ1v) is 10.2. The van der Waals surface area contributed by atoms with Gasteiger partial charge in [0.05, 0.1) is 6.10 Å². The molecule has 2 rings (SSSR count). The maximum absolute atomic E-state index is 13.0. The van der Waals surface area contributed by atoms with Gasteiger partial charge in [-0.3, -0.25) is 9.59 Å². The lowest BCUT2D eigenvalue weighted by Gasteiger charge is -2.39. The van der Waals surface area contributed by atoms with Crippen LogP contribution >= 0.6 is 0 Å². The van der Waals surface area contributed by atoms with Crippen molar-refractivity contribution in [3.8, 4) is 0 Å². The number of aliphatic hydroxyl groups is 2. The average Bonchev–Trinajstić information content (AvgIpc) is 2.67. The Kier molecular flexibility index (Phi) is 7.61. The molecular formula is C21H31NO9. The van der Waals surface area contributed by atoms with E-state index in [0.29, 0.717) is 13.1 Å². The van der Waals surface area contributed by atoms with E-state index in [9.17, 15) is 29.4 Å². The quantitative estimate of drug-likeness (QED) is 0.435. The van der Waals surface area contributed by atoms with Crippen molar-refractivity contribution in [2.45, 2.75) is 63.9 Å². The largest absolute Gasteiger partial charge is 0.458 e. The standard InChI is InChI=1S/C21H31NO9/c1-12-10-21(28,13(2)23)19(27)30-16-7-9-22(5)8-6-15(17(16)25)11-29-18(26)20(12,4)31-14(3)24/h6,12-13,16,23,28H,7-11H2,1-5H3/t12-,13?,16?,20+,21+/m1/s1. The van der Waals surface area contributed by atoms with E-state index in [1.54, 1.807) is 6.08 Å². The number of carbonyl (C=O) groups excluding carboxylic acids is 4. The molecule has 2 unspecified atom stereocenters. The van der Waals surface area contributed by atoms with Gasteiger partial charge in [-0.25, -0.2) is 9.59 Å². The fraction of sp³-hybridized carbons (Fsp3) is 0.714. The molecule has 2 heterocycles. The Labute approximate surface area is 181 Å². The lowest BCUT2D eigenvalue weighted by atomic mass is 9.78. The highest BCUT2D eigenvalue weighted by atomic mass is 16.6. The zero-order valence-electron chi connectivity index (χ0n) is 18.5. The van der Waals surface area contributed by atoms with E-state index >= 15 is 0 Å². The maximum Gasteiger partial charge on any atom is 0.350 e. The number of rotatable bonds is 2. The van der Waals surface area contributed by atoms with Gasteiger partial charge in [0.25, 0.3) is 0 Å². The van der Waals surface area contributed by atoms with Gasteiger partial charge < -0.3 is 29.3 Å². The zero-order valence-corrected chi connectivity index (χ0v) is 18.5. The molecule has 10 heteroatoms. The Balaban J connectivity index is 2.56. The molecule has 2 N–H and O–H groups in total. The Morgan fingerprint density at radius 3 is 2.55 bits per heavy atom. The summed E-state index contributed by atoms with van der Waals surface area (Å²) >= 11 is 0. The number of aliphatic hydroxyl groups excluding tert-OH is 1.